The van der Waals surface area contributed by atoms with Gasteiger partial charge in [-0.15, -0.1) is 5.10 Å². The van der Waals surface area contributed by atoms with Crippen molar-refractivity contribution < 1.29 is 9.53 Å². The summed E-state index contributed by atoms with van der Waals surface area (Å²) in [6.07, 6.45) is 3.63. The van der Waals surface area contributed by atoms with Gasteiger partial charge in [-0.2, -0.15) is 0 Å². The van der Waals surface area contributed by atoms with Gasteiger partial charge in [0.15, 0.2) is 0 Å². The molecular weight excluding hydrogens is 434 g/mol. The number of benzene rings is 2. The van der Waals surface area contributed by atoms with Crippen LogP contribution in [0.3, 0.4) is 0 Å². The van der Waals surface area contributed by atoms with E-state index in [9.17, 15) is 4.79 Å². The Kier molecular flexibility index (Phi) is 6.00. The summed E-state index contributed by atoms with van der Waals surface area (Å²) in [5, 5.41) is 8.82. The number of fused-ring (bicyclic) bond motifs is 1. The highest BCUT2D eigenvalue weighted by Crippen LogP contribution is 2.30. The summed E-state index contributed by atoms with van der Waals surface area (Å²) in [5.41, 5.74) is 4.31. The number of aromatic nitrogens is 3. The molecule has 0 atom stereocenters. The van der Waals surface area contributed by atoms with Crippen molar-refractivity contribution in [2.75, 3.05) is 25.1 Å². The highest BCUT2D eigenvalue weighted by Gasteiger charge is 2.27. The van der Waals surface area contributed by atoms with Crippen molar-refractivity contribution >= 4 is 27.3 Å². The van der Waals surface area contributed by atoms with Gasteiger partial charge in [0.25, 0.3) is 0 Å². The maximum absolute atomic E-state index is 12.7. The van der Waals surface area contributed by atoms with Gasteiger partial charge in [0, 0.05) is 31.1 Å². The Labute approximate surface area is 197 Å². The van der Waals surface area contributed by atoms with Crippen molar-refractivity contribution in [3.63, 3.8) is 0 Å². The molecule has 0 bridgehead atoms. The second kappa shape index (κ2) is 9.23. The van der Waals surface area contributed by atoms with Crippen molar-refractivity contribution in [1.29, 1.82) is 0 Å². The fourth-order valence-electron chi connectivity index (χ4n) is 4.19. The van der Waals surface area contributed by atoms with Crippen LogP contribution < -0.4 is 15.0 Å². The van der Waals surface area contributed by atoms with Crippen molar-refractivity contribution in [1.82, 2.24) is 19.9 Å². The molecule has 4 aromatic rings. The number of rotatable bonds is 6. The lowest BCUT2D eigenvalue weighted by Crippen LogP contribution is -2.40. The third-order valence-corrected chi connectivity index (χ3v) is 7.25. The van der Waals surface area contributed by atoms with Crippen LogP contribution in [0.5, 0.6) is 5.75 Å². The monoisotopic (exact) mass is 461 g/mol. The van der Waals surface area contributed by atoms with Crippen molar-refractivity contribution in [2.45, 2.75) is 26.3 Å². The minimum absolute atomic E-state index is 0.0518. The lowest BCUT2D eigenvalue weighted by Gasteiger charge is -2.30. The highest BCUT2D eigenvalue weighted by molar-refractivity contribution is 7.20. The van der Waals surface area contributed by atoms with E-state index < -0.39 is 0 Å². The Bertz CT molecular complexity index is 1220. The molecule has 1 N–H and O–H groups in total. The van der Waals surface area contributed by atoms with Crippen LogP contribution in [0.2, 0.25) is 0 Å². The van der Waals surface area contributed by atoms with Gasteiger partial charge < -0.3 is 15.0 Å². The molecule has 2 aromatic carbocycles. The SMILES string of the molecule is COc1ccc(-c2cn3nc(N4CCC(C(=O)NCc5ccccc5C)CC4)sc3n2)cc1. The number of ether oxygens (including phenoxy) is 1. The minimum Gasteiger partial charge on any atom is -0.497 e. The predicted molar refractivity (Wildman–Crippen MR) is 131 cm³/mol. The zero-order valence-electron chi connectivity index (χ0n) is 18.8. The zero-order valence-corrected chi connectivity index (χ0v) is 19.6. The van der Waals surface area contributed by atoms with E-state index >= 15 is 0 Å². The number of carbonyl (C=O) groups is 1. The summed E-state index contributed by atoms with van der Waals surface area (Å²) in [7, 11) is 1.66. The van der Waals surface area contributed by atoms with Gasteiger partial charge in [0.2, 0.25) is 16.0 Å². The molecule has 1 aliphatic heterocycles. The Morgan fingerprint density at radius 3 is 2.61 bits per heavy atom. The fraction of sp³-hybridized carbons (Fsp3) is 0.320. The number of anilines is 1. The summed E-state index contributed by atoms with van der Waals surface area (Å²) < 4.78 is 7.07. The Morgan fingerprint density at radius 2 is 1.91 bits per heavy atom. The lowest BCUT2D eigenvalue weighted by molar-refractivity contribution is -0.125. The standard InChI is InChI=1S/C25H27N5O2S/c1-17-5-3-4-6-20(17)15-26-23(31)19-11-13-29(14-12-19)25-28-30-16-22(27-24(30)33-25)18-7-9-21(32-2)10-8-18/h3-10,16,19H,11-15H2,1-2H3,(H,26,31). The number of nitrogens with zero attached hydrogens (tertiary/aromatic N) is 4. The largest absolute Gasteiger partial charge is 0.497 e. The third kappa shape index (κ3) is 4.57. The number of nitrogens with one attached hydrogen (secondary N) is 1. The molecule has 3 heterocycles. The number of aryl methyl sites for hydroxylation is 1. The summed E-state index contributed by atoms with van der Waals surface area (Å²) >= 11 is 1.59. The van der Waals surface area contributed by atoms with Gasteiger partial charge in [0.1, 0.15) is 5.75 Å². The number of amides is 1. The molecule has 0 saturated carbocycles. The fourth-order valence-corrected chi connectivity index (χ4v) is 5.12. The Hall–Kier alpha value is -3.39. The average Bonchev–Trinajstić information content (AvgIpc) is 3.43. The zero-order chi connectivity index (χ0) is 22.8. The summed E-state index contributed by atoms with van der Waals surface area (Å²) in [4.78, 5) is 20.5. The van der Waals surface area contributed by atoms with E-state index in [1.165, 1.54) is 11.1 Å². The molecule has 5 rings (SSSR count). The number of hydrogen-bond donors (Lipinski definition) is 1. The molecule has 8 heteroatoms. The molecule has 0 spiro atoms. The van der Waals surface area contributed by atoms with Gasteiger partial charge in [0.05, 0.1) is 19.0 Å². The first kappa shape index (κ1) is 21.5. The molecule has 1 aliphatic rings. The van der Waals surface area contributed by atoms with E-state index in [2.05, 4.69) is 29.3 Å². The number of carbonyl (C=O) groups excluding carboxylic acids is 1. The maximum atomic E-state index is 12.7. The van der Waals surface area contributed by atoms with Crippen LogP contribution in [0.25, 0.3) is 16.2 Å². The molecule has 1 fully saturated rings. The lowest BCUT2D eigenvalue weighted by atomic mass is 9.96. The van der Waals surface area contributed by atoms with Gasteiger partial charge in [-0.1, -0.05) is 35.6 Å². The van der Waals surface area contributed by atoms with Crippen LogP contribution in [0, 0.1) is 12.8 Å². The molecule has 1 saturated heterocycles. The number of hydrogen-bond acceptors (Lipinski definition) is 6. The second-order valence-electron chi connectivity index (χ2n) is 8.37. The third-order valence-electron chi connectivity index (χ3n) is 6.27. The average molecular weight is 462 g/mol. The highest BCUT2D eigenvalue weighted by atomic mass is 32.1. The molecule has 0 radical (unpaired) electrons. The molecule has 170 valence electrons. The molecule has 0 aliphatic carbocycles. The van der Waals surface area contributed by atoms with Crippen molar-refractivity contribution in [3.05, 3.63) is 65.9 Å². The van der Waals surface area contributed by atoms with Gasteiger partial charge in [-0.05, 0) is 55.2 Å². The van der Waals surface area contributed by atoms with E-state index in [0.29, 0.717) is 6.54 Å². The summed E-state index contributed by atoms with van der Waals surface area (Å²) in [6, 6.07) is 16.0. The first-order valence-electron chi connectivity index (χ1n) is 11.2. The first-order valence-corrected chi connectivity index (χ1v) is 12.0. The van der Waals surface area contributed by atoms with Gasteiger partial charge in [-0.3, -0.25) is 4.79 Å². The Morgan fingerprint density at radius 1 is 1.15 bits per heavy atom. The molecule has 7 nitrogen and oxygen atoms in total. The van der Waals surface area contributed by atoms with Crippen LogP contribution in [-0.2, 0) is 11.3 Å². The number of piperidine rings is 1. The predicted octanol–water partition coefficient (Wildman–Crippen LogP) is 4.31. The molecule has 0 unspecified atom stereocenters. The van der Waals surface area contributed by atoms with Crippen LogP contribution in [-0.4, -0.2) is 40.7 Å². The van der Waals surface area contributed by atoms with Crippen LogP contribution in [0.4, 0.5) is 5.13 Å². The maximum Gasteiger partial charge on any atom is 0.223 e. The van der Waals surface area contributed by atoms with Crippen molar-refractivity contribution in [3.8, 4) is 17.0 Å². The topological polar surface area (TPSA) is 71.8 Å². The molecule has 2 aromatic heterocycles. The summed E-state index contributed by atoms with van der Waals surface area (Å²) in [6.45, 7) is 4.31. The Balaban J connectivity index is 1.18. The minimum atomic E-state index is 0.0518. The van der Waals surface area contributed by atoms with E-state index in [-0.39, 0.29) is 11.8 Å². The smallest absolute Gasteiger partial charge is 0.223 e. The van der Waals surface area contributed by atoms with Gasteiger partial charge in [-0.25, -0.2) is 9.50 Å². The van der Waals surface area contributed by atoms with Crippen LogP contribution >= 0.6 is 11.3 Å². The first-order chi connectivity index (χ1) is 16.1. The second-order valence-corrected chi connectivity index (χ2v) is 9.31. The molecule has 33 heavy (non-hydrogen) atoms. The molecular formula is C25H27N5O2S. The van der Waals surface area contributed by atoms with Crippen LogP contribution in [0.15, 0.2) is 54.7 Å². The molecule has 1 amide bonds. The number of methoxy groups -OCH3 is 1. The van der Waals surface area contributed by atoms with Crippen molar-refractivity contribution in [2.24, 2.45) is 5.92 Å². The van der Waals surface area contributed by atoms with E-state index in [4.69, 9.17) is 14.8 Å². The summed E-state index contributed by atoms with van der Waals surface area (Å²) in [5.74, 6) is 1.03. The quantitative estimate of drug-likeness (QED) is 0.463. The van der Waals surface area contributed by atoms with E-state index in [1.807, 2.05) is 47.1 Å². The van der Waals surface area contributed by atoms with Crippen LogP contribution in [0.1, 0.15) is 24.0 Å². The number of imidazole rings is 1. The van der Waals surface area contributed by atoms with Gasteiger partial charge >= 0.3 is 0 Å². The van der Waals surface area contributed by atoms with E-state index in [0.717, 1.165) is 53.0 Å². The normalized spacial score (nSPS) is 14.5. The van der Waals surface area contributed by atoms with E-state index in [1.54, 1.807) is 18.4 Å².